The lowest BCUT2D eigenvalue weighted by Crippen LogP contribution is -2.37. The van der Waals surface area contributed by atoms with Gasteiger partial charge in [-0.2, -0.15) is 0 Å². The Hall–Kier alpha value is -1.94. The molecule has 4 heteroatoms. The maximum Gasteiger partial charge on any atom is 0.180 e. The van der Waals surface area contributed by atoms with Crippen LogP contribution in [0.4, 0.5) is 5.69 Å². The molecular formula is C15H16N2O2. The van der Waals surface area contributed by atoms with Crippen molar-refractivity contribution in [2.24, 2.45) is 0 Å². The molecule has 1 aromatic heterocycles. The summed E-state index contributed by atoms with van der Waals surface area (Å²) in [6.07, 6.45) is 0. The first kappa shape index (κ1) is 12.1. The summed E-state index contributed by atoms with van der Waals surface area (Å²) in [4.78, 5) is 18.5. The first-order valence-corrected chi connectivity index (χ1v) is 6.49. The molecular weight excluding hydrogens is 240 g/mol. The number of aromatic nitrogens is 1. The van der Waals surface area contributed by atoms with E-state index in [0.29, 0.717) is 18.9 Å². The van der Waals surface area contributed by atoms with Crippen LogP contribution in [0.5, 0.6) is 0 Å². The van der Waals surface area contributed by atoms with E-state index in [1.165, 1.54) is 0 Å². The van der Waals surface area contributed by atoms with Gasteiger partial charge in [-0.05, 0) is 12.1 Å². The van der Waals surface area contributed by atoms with Crippen LogP contribution >= 0.6 is 0 Å². The van der Waals surface area contributed by atoms with Gasteiger partial charge >= 0.3 is 0 Å². The van der Waals surface area contributed by atoms with Gasteiger partial charge < -0.3 is 9.64 Å². The zero-order valence-electron chi connectivity index (χ0n) is 10.9. The number of carbonyl (C=O) groups is 1. The van der Waals surface area contributed by atoms with Crippen LogP contribution in [0.2, 0.25) is 0 Å². The van der Waals surface area contributed by atoms with Gasteiger partial charge in [-0.3, -0.25) is 4.79 Å². The fourth-order valence-corrected chi connectivity index (χ4v) is 2.41. The van der Waals surface area contributed by atoms with Gasteiger partial charge in [0.2, 0.25) is 0 Å². The van der Waals surface area contributed by atoms with Gasteiger partial charge in [0.25, 0.3) is 0 Å². The van der Waals surface area contributed by atoms with E-state index in [1.807, 2.05) is 24.3 Å². The highest BCUT2D eigenvalue weighted by Crippen LogP contribution is 2.25. The second-order valence-electron chi connectivity index (χ2n) is 4.70. The Labute approximate surface area is 112 Å². The van der Waals surface area contributed by atoms with Crippen molar-refractivity contribution in [3.8, 4) is 0 Å². The number of Topliss-reactive ketones (excluding diaryl/α,β-unsaturated/α-hetero) is 1. The number of nitrogens with zero attached hydrogens (tertiary/aromatic N) is 2. The Bertz CT molecular complexity index is 619. The second-order valence-corrected chi connectivity index (χ2v) is 4.70. The van der Waals surface area contributed by atoms with Gasteiger partial charge in [-0.25, -0.2) is 4.98 Å². The van der Waals surface area contributed by atoms with Gasteiger partial charge in [0.05, 0.1) is 24.4 Å². The number of ketones is 1. The monoisotopic (exact) mass is 256 g/mol. The van der Waals surface area contributed by atoms with E-state index in [0.717, 1.165) is 29.7 Å². The van der Waals surface area contributed by atoms with Crippen molar-refractivity contribution in [2.75, 3.05) is 31.2 Å². The third-order valence-corrected chi connectivity index (χ3v) is 3.39. The molecule has 1 saturated heterocycles. The SMILES string of the molecule is CC(=O)c1nc2ccccc2cc1N1CCOCC1. The zero-order chi connectivity index (χ0) is 13.2. The Kier molecular flexibility index (Phi) is 3.17. The number of pyridine rings is 1. The van der Waals surface area contributed by atoms with E-state index < -0.39 is 0 Å². The molecule has 0 unspecified atom stereocenters. The van der Waals surface area contributed by atoms with Crippen LogP contribution < -0.4 is 4.90 Å². The Morgan fingerprint density at radius 1 is 1.26 bits per heavy atom. The molecule has 19 heavy (non-hydrogen) atoms. The van der Waals surface area contributed by atoms with Crippen molar-refractivity contribution in [3.05, 3.63) is 36.0 Å². The van der Waals surface area contributed by atoms with Gasteiger partial charge in [0, 0.05) is 25.4 Å². The van der Waals surface area contributed by atoms with E-state index in [1.54, 1.807) is 6.92 Å². The highest BCUT2D eigenvalue weighted by Gasteiger charge is 2.18. The van der Waals surface area contributed by atoms with E-state index >= 15 is 0 Å². The highest BCUT2D eigenvalue weighted by atomic mass is 16.5. The average molecular weight is 256 g/mol. The number of para-hydroxylation sites is 1. The third kappa shape index (κ3) is 2.31. The normalized spacial score (nSPS) is 15.7. The molecule has 0 aliphatic carbocycles. The Balaban J connectivity index is 2.14. The molecule has 0 N–H and O–H groups in total. The largest absolute Gasteiger partial charge is 0.378 e. The molecule has 0 saturated carbocycles. The van der Waals surface area contributed by atoms with E-state index in [4.69, 9.17) is 4.74 Å². The third-order valence-electron chi connectivity index (χ3n) is 3.39. The lowest BCUT2D eigenvalue weighted by atomic mass is 10.1. The standard InChI is InChI=1S/C15H16N2O2/c1-11(18)15-14(17-6-8-19-9-7-17)10-12-4-2-3-5-13(12)16-15/h2-5,10H,6-9H2,1H3. The smallest absolute Gasteiger partial charge is 0.180 e. The summed E-state index contributed by atoms with van der Waals surface area (Å²) < 4.78 is 5.36. The summed E-state index contributed by atoms with van der Waals surface area (Å²) in [5.41, 5.74) is 2.35. The maximum absolute atomic E-state index is 11.8. The summed E-state index contributed by atoms with van der Waals surface area (Å²) >= 11 is 0. The Morgan fingerprint density at radius 3 is 2.74 bits per heavy atom. The molecule has 0 bridgehead atoms. The maximum atomic E-state index is 11.8. The van der Waals surface area contributed by atoms with Crippen LogP contribution in [-0.4, -0.2) is 37.1 Å². The summed E-state index contributed by atoms with van der Waals surface area (Å²) in [5.74, 6) is 0.00671. The molecule has 4 nitrogen and oxygen atoms in total. The quantitative estimate of drug-likeness (QED) is 0.773. The van der Waals surface area contributed by atoms with Crippen LogP contribution in [0.3, 0.4) is 0 Å². The van der Waals surface area contributed by atoms with Crippen LogP contribution in [0.25, 0.3) is 10.9 Å². The Morgan fingerprint density at radius 2 is 2.00 bits per heavy atom. The highest BCUT2D eigenvalue weighted by molar-refractivity contribution is 6.01. The van der Waals surface area contributed by atoms with Gasteiger partial charge in [-0.1, -0.05) is 18.2 Å². The molecule has 1 fully saturated rings. The number of fused-ring (bicyclic) bond motifs is 1. The number of hydrogen-bond donors (Lipinski definition) is 0. The lowest BCUT2D eigenvalue weighted by molar-refractivity contribution is 0.101. The molecule has 0 spiro atoms. The fourth-order valence-electron chi connectivity index (χ4n) is 2.41. The zero-order valence-corrected chi connectivity index (χ0v) is 10.9. The summed E-state index contributed by atoms with van der Waals surface area (Å²) in [6.45, 7) is 4.58. The van der Waals surface area contributed by atoms with Crippen molar-refractivity contribution in [1.82, 2.24) is 4.98 Å². The second kappa shape index (κ2) is 4.97. The molecule has 0 radical (unpaired) electrons. The predicted octanol–water partition coefficient (Wildman–Crippen LogP) is 2.27. The van der Waals surface area contributed by atoms with Crippen molar-refractivity contribution in [2.45, 2.75) is 6.92 Å². The van der Waals surface area contributed by atoms with Gasteiger partial charge in [0.1, 0.15) is 5.69 Å². The predicted molar refractivity (Wildman–Crippen MR) is 74.8 cm³/mol. The number of morpholine rings is 1. The first-order valence-electron chi connectivity index (χ1n) is 6.49. The number of rotatable bonds is 2. The van der Waals surface area contributed by atoms with Crippen LogP contribution in [0.1, 0.15) is 17.4 Å². The minimum Gasteiger partial charge on any atom is -0.378 e. The molecule has 2 aromatic rings. The van der Waals surface area contributed by atoms with Crippen molar-refractivity contribution in [1.29, 1.82) is 0 Å². The van der Waals surface area contributed by atoms with Gasteiger partial charge in [-0.15, -0.1) is 0 Å². The summed E-state index contributed by atoms with van der Waals surface area (Å²) in [6, 6.07) is 9.94. The van der Waals surface area contributed by atoms with Crippen LogP contribution in [0.15, 0.2) is 30.3 Å². The summed E-state index contributed by atoms with van der Waals surface area (Å²) in [5, 5.41) is 1.06. The summed E-state index contributed by atoms with van der Waals surface area (Å²) in [7, 11) is 0. The number of anilines is 1. The molecule has 98 valence electrons. The van der Waals surface area contributed by atoms with Crippen molar-refractivity contribution < 1.29 is 9.53 Å². The molecule has 0 amide bonds. The van der Waals surface area contributed by atoms with Crippen molar-refractivity contribution in [3.63, 3.8) is 0 Å². The molecule has 2 heterocycles. The number of hydrogen-bond acceptors (Lipinski definition) is 4. The minimum absolute atomic E-state index is 0.00671. The number of benzene rings is 1. The van der Waals surface area contributed by atoms with Crippen molar-refractivity contribution >= 4 is 22.4 Å². The molecule has 1 aliphatic rings. The topological polar surface area (TPSA) is 42.4 Å². The average Bonchev–Trinajstić information content (AvgIpc) is 2.46. The number of carbonyl (C=O) groups excluding carboxylic acids is 1. The molecule has 3 rings (SSSR count). The van der Waals surface area contributed by atoms with E-state index in [2.05, 4.69) is 16.0 Å². The molecule has 0 atom stereocenters. The van der Waals surface area contributed by atoms with E-state index in [9.17, 15) is 4.79 Å². The number of ether oxygens (including phenoxy) is 1. The van der Waals surface area contributed by atoms with Crippen LogP contribution in [0, 0.1) is 0 Å². The lowest BCUT2D eigenvalue weighted by Gasteiger charge is -2.30. The molecule has 1 aromatic carbocycles. The fraction of sp³-hybridized carbons (Fsp3) is 0.333. The van der Waals surface area contributed by atoms with E-state index in [-0.39, 0.29) is 5.78 Å². The first-order chi connectivity index (χ1) is 9.25. The molecule has 1 aliphatic heterocycles. The van der Waals surface area contributed by atoms with Crippen LogP contribution in [-0.2, 0) is 4.74 Å². The van der Waals surface area contributed by atoms with Gasteiger partial charge in [0.15, 0.2) is 5.78 Å². The minimum atomic E-state index is 0.00671.